The smallest absolute Gasteiger partial charge is 0.306 e. The lowest BCUT2D eigenvalue weighted by Gasteiger charge is -2.38. The second-order valence-electron chi connectivity index (χ2n) is 18.8. The SMILES string of the molecule is CCC=CCC=CCC=CCCCCCCCC(=O)OC1CC(C)=C(C=CC(C)=CC=CC(C)=CC=CC=C(C)C=CC=C(C)C=CC2C(C)=CC(O)CC2(C)C)C(C)(C)C1. The van der Waals surface area contributed by atoms with Crippen LogP contribution < -0.4 is 0 Å². The van der Waals surface area contributed by atoms with Gasteiger partial charge >= 0.3 is 5.97 Å². The lowest BCUT2D eigenvalue weighted by molar-refractivity contribution is -0.150. The molecule has 2 aliphatic rings. The van der Waals surface area contributed by atoms with Crippen LogP contribution in [0.5, 0.6) is 0 Å². The first-order valence-corrected chi connectivity index (χ1v) is 23.3. The molecule has 0 aromatic carbocycles. The fraction of sp³-hybridized carbons (Fsp3) is 0.500. The van der Waals surface area contributed by atoms with Gasteiger partial charge < -0.3 is 9.84 Å². The minimum Gasteiger partial charge on any atom is -0.462 e. The van der Waals surface area contributed by atoms with E-state index in [4.69, 9.17) is 4.74 Å². The molecule has 3 atom stereocenters. The number of rotatable bonds is 24. The molecule has 0 saturated heterocycles. The van der Waals surface area contributed by atoms with Crippen molar-refractivity contribution in [2.75, 3.05) is 0 Å². The quantitative estimate of drug-likeness (QED) is 0.0456. The van der Waals surface area contributed by atoms with E-state index in [1.807, 2.05) is 6.08 Å². The Morgan fingerprint density at radius 3 is 1.85 bits per heavy atom. The van der Waals surface area contributed by atoms with Crippen LogP contribution in [0.4, 0.5) is 0 Å². The fourth-order valence-corrected chi connectivity index (χ4v) is 8.33. The number of ether oxygens (including phenoxy) is 1. The molecule has 2 aliphatic carbocycles. The number of carbonyl (C=O) groups is 1. The summed E-state index contributed by atoms with van der Waals surface area (Å²) in [5.41, 5.74) is 8.64. The van der Waals surface area contributed by atoms with Crippen molar-refractivity contribution in [3.63, 3.8) is 0 Å². The zero-order valence-corrected chi connectivity index (χ0v) is 40.3. The third-order valence-electron chi connectivity index (χ3n) is 11.6. The maximum Gasteiger partial charge on any atom is 0.306 e. The Morgan fingerprint density at radius 1 is 0.705 bits per heavy atom. The molecule has 0 spiro atoms. The van der Waals surface area contributed by atoms with E-state index >= 15 is 0 Å². The Kier molecular flexibility index (Phi) is 25.3. The average Bonchev–Trinajstić information content (AvgIpc) is 3.16. The zero-order chi connectivity index (χ0) is 45.1. The molecule has 0 amide bonds. The highest BCUT2D eigenvalue weighted by Crippen LogP contribution is 2.43. The molecule has 2 rings (SSSR count). The van der Waals surface area contributed by atoms with Gasteiger partial charge in [0.05, 0.1) is 6.10 Å². The first kappa shape index (κ1) is 52.9. The van der Waals surface area contributed by atoms with Crippen LogP contribution in [0.2, 0.25) is 0 Å². The summed E-state index contributed by atoms with van der Waals surface area (Å²) in [5, 5.41) is 10.1. The van der Waals surface area contributed by atoms with Crippen molar-refractivity contribution in [3.8, 4) is 0 Å². The van der Waals surface area contributed by atoms with Crippen molar-refractivity contribution in [1.82, 2.24) is 0 Å². The highest BCUT2D eigenvalue weighted by molar-refractivity contribution is 5.69. The fourth-order valence-electron chi connectivity index (χ4n) is 8.33. The second-order valence-corrected chi connectivity index (χ2v) is 18.8. The van der Waals surface area contributed by atoms with E-state index in [-0.39, 0.29) is 29.0 Å². The molecule has 3 nitrogen and oxygen atoms in total. The Hall–Kier alpha value is -4.21. The molecule has 0 radical (unpaired) electrons. The summed E-state index contributed by atoms with van der Waals surface area (Å²) in [5.74, 6) is 0.294. The molecule has 1 N–H and O–H groups in total. The van der Waals surface area contributed by atoms with E-state index in [1.165, 1.54) is 58.3 Å². The maximum absolute atomic E-state index is 12.7. The first-order valence-electron chi connectivity index (χ1n) is 23.3. The van der Waals surface area contributed by atoms with Gasteiger partial charge in [0.15, 0.2) is 0 Å². The van der Waals surface area contributed by atoms with Crippen molar-refractivity contribution < 1.29 is 14.6 Å². The van der Waals surface area contributed by atoms with Gasteiger partial charge in [0.2, 0.25) is 0 Å². The van der Waals surface area contributed by atoms with Crippen molar-refractivity contribution in [1.29, 1.82) is 0 Å². The van der Waals surface area contributed by atoms with Gasteiger partial charge in [0.25, 0.3) is 0 Å². The van der Waals surface area contributed by atoms with Crippen LogP contribution in [-0.2, 0) is 9.53 Å². The molecule has 0 aromatic rings. The molecular formula is C58H84O3. The van der Waals surface area contributed by atoms with Crippen molar-refractivity contribution in [3.05, 3.63) is 167 Å². The number of carbonyl (C=O) groups excluding carboxylic acids is 1. The molecule has 3 heteroatoms. The topological polar surface area (TPSA) is 46.5 Å². The normalized spacial score (nSPS) is 22.3. The van der Waals surface area contributed by atoms with E-state index in [0.717, 1.165) is 57.8 Å². The lowest BCUT2D eigenvalue weighted by Crippen LogP contribution is -2.32. The summed E-state index contributed by atoms with van der Waals surface area (Å²) < 4.78 is 6.01. The summed E-state index contributed by atoms with van der Waals surface area (Å²) in [6.07, 6.45) is 58.1. The number of hydrogen-bond donors (Lipinski definition) is 1. The van der Waals surface area contributed by atoms with Gasteiger partial charge in [0.1, 0.15) is 6.10 Å². The van der Waals surface area contributed by atoms with Gasteiger partial charge in [0, 0.05) is 18.8 Å². The van der Waals surface area contributed by atoms with Gasteiger partial charge in [-0.15, -0.1) is 0 Å². The number of esters is 1. The Morgan fingerprint density at radius 2 is 1.25 bits per heavy atom. The van der Waals surface area contributed by atoms with E-state index in [9.17, 15) is 9.90 Å². The van der Waals surface area contributed by atoms with Crippen LogP contribution in [0.1, 0.15) is 160 Å². The van der Waals surface area contributed by atoms with Crippen LogP contribution in [0.15, 0.2) is 167 Å². The van der Waals surface area contributed by atoms with Crippen molar-refractivity contribution >= 4 is 5.97 Å². The van der Waals surface area contributed by atoms with Crippen molar-refractivity contribution in [2.45, 2.75) is 172 Å². The van der Waals surface area contributed by atoms with Gasteiger partial charge in [-0.05, 0) is 109 Å². The summed E-state index contributed by atoms with van der Waals surface area (Å²) in [6.45, 7) is 24.0. The summed E-state index contributed by atoms with van der Waals surface area (Å²) in [7, 11) is 0. The molecule has 334 valence electrons. The third-order valence-corrected chi connectivity index (χ3v) is 11.6. The summed E-state index contributed by atoms with van der Waals surface area (Å²) in [4.78, 5) is 12.7. The van der Waals surface area contributed by atoms with E-state index in [2.05, 4.69) is 198 Å². The number of aliphatic hydroxyl groups is 1. The monoisotopic (exact) mass is 829 g/mol. The molecular weight excluding hydrogens is 745 g/mol. The third kappa shape index (κ3) is 23.0. The lowest BCUT2D eigenvalue weighted by atomic mass is 9.67. The van der Waals surface area contributed by atoms with Gasteiger partial charge in [-0.1, -0.05) is 215 Å². The van der Waals surface area contributed by atoms with Crippen LogP contribution in [0.25, 0.3) is 0 Å². The van der Waals surface area contributed by atoms with Gasteiger partial charge in [-0.2, -0.15) is 0 Å². The highest BCUT2D eigenvalue weighted by atomic mass is 16.5. The number of unbranched alkanes of at least 4 members (excludes halogenated alkanes) is 5. The molecule has 0 fully saturated rings. The number of aliphatic hydroxyl groups excluding tert-OH is 1. The molecule has 0 saturated carbocycles. The maximum atomic E-state index is 12.7. The van der Waals surface area contributed by atoms with Gasteiger partial charge in [-0.25, -0.2) is 0 Å². The van der Waals surface area contributed by atoms with Crippen molar-refractivity contribution in [2.24, 2.45) is 16.7 Å². The van der Waals surface area contributed by atoms with E-state index < -0.39 is 0 Å². The van der Waals surface area contributed by atoms with E-state index in [0.29, 0.717) is 12.3 Å². The first-order chi connectivity index (χ1) is 29.0. The van der Waals surface area contributed by atoms with E-state index in [1.54, 1.807) is 0 Å². The predicted molar refractivity (Wildman–Crippen MR) is 267 cm³/mol. The second kappa shape index (κ2) is 29.2. The molecule has 0 aromatic heterocycles. The standard InChI is InChI=1S/C58H84O3/c1-12-13-14-15-16-17-18-19-20-21-22-23-24-25-26-37-56(60)61-53-43-51(7)55(58(10,11)45-53)41-39-49(5)36-30-34-47(3)32-28-27-31-46(2)33-29-35-48(4)38-40-54-50(6)42-52(59)44-57(54,8)9/h13-14,16-17,19-20,27-36,38-42,52-54,59H,12,15,18,21-26,37,43-45H2,1-11H3. The largest absolute Gasteiger partial charge is 0.462 e. The molecule has 3 unspecified atom stereocenters. The number of hydrogen-bond acceptors (Lipinski definition) is 3. The zero-order valence-electron chi connectivity index (χ0n) is 40.3. The minimum atomic E-state index is -0.339. The predicted octanol–water partition coefficient (Wildman–Crippen LogP) is 16.5. The molecule has 0 bridgehead atoms. The Labute approximate surface area is 374 Å². The van der Waals surface area contributed by atoms with Crippen LogP contribution in [0.3, 0.4) is 0 Å². The van der Waals surface area contributed by atoms with Crippen LogP contribution in [0, 0.1) is 16.7 Å². The molecule has 0 heterocycles. The average molecular weight is 829 g/mol. The highest BCUT2D eigenvalue weighted by Gasteiger charge is 2.35. The molecule has 61 heavy (non-hydrogen) atoms. The summed E-state index contributed by atoms with van der Waals surface area (Å²) >= 11 is 0. The van der Waals surface area contributed by atoms with Crippen LogP contribution >= 0.6 is 0 Å². The summed E-state index contributed by atoms with van der Waals surface area (Å²) in [6, 6.07) is 0. The van der Waals surface area contributed by atoms with Gasteiger partial charge in [-0.3, -0.25) is 4.79 Å². The number of allylic oxidation sites excluding steroid dienone is 26. The Bertz CT molecular complexity index is 1790. The Balaban J connectivity index is 1.75. The molecule has 0 aliphatic heterocycles. The van der Waals surface area contributed by atoms with Crippen LogP contribution in [-0.4, -0.2) is 23.3 Å². The minimum absolute atomic E-state index is 0.0446.